The van der Waals surface area contributed by atoms with Crippen LogP contribution in [0.15, 0.2) is 27.1 Å². The lowest BCUT2D eigenvalue weighted by molar-refractivity contribution is 0.0889. The normalized spacial score (nSPS) is 18.2. The standard InChI is InChI=1S/C14H17Br2N3OS/c1-19-6-4-14(5-7-19,13(17)21)18-12(20)10-8-9(15)2-3-11(10)16/h2-3,8H,4-7H2,1H3,(H2,17,21)(H,18,20). The van der Waals surface area contributed by atoms with Crippen molar-refractivity contribution in [2.24, 2.45) is 5.73 Å². The number of rotatable bonds is 3. The Morgan fingerprint density at radius 3 is 2.57 bits per heavy atom. The summed E-state index contributed by atoms with van der Waals surface area (Å²) in [5.74, 6) is -0.166. The Labute approximate surface area is 146 Å². The minimum atomic E-state index is -0.597. The van der Waals surface area contributed by atoms with Gasteiger partial charge in [0.25, 0.3) is 5.91 Å². The van der Waals surface area contributed by atoms with Crippen LogP contribution in [0.3, 0.4) is 0 Å². The molecule has 1 heterocycles. The second-order valence-corrected chi connectivity index (χ2v) is 7.54. The van der Waals surface area contributed by atoms with Crippen molar-refractivity contribution in [2.45, 2.75) is 18.4 Å². The van der Waals surface area contributed by atoms with Crippen LogP contribution in [0.1, 0.15) is 23.2 Å². The van der Waals surface area contributed by atoms with Crippen LogP contribution in [-0.2, 0) is 0 Å². The molecule has 1 saturated heterocycles. The highest BCUT2D eigenvalue weighted by atomic mass is 79.9. The first-order valence-corrected chi connectivity index (χ1v) is 8.59. The van der Waals surface area contributed by atoms with E-state index in [4.69, 9.17) is 18.0 Å². The van der Waals surface area contributed by atoms with E-state index in [-0.39, 0.29) is 5.91 Å². The maximum Gasteiger partial charge on any atom is 0.253 e. The van der Waals surface area contributed by atoms with Crippen LogP contribution in [0.25, 0.3) is 0 Å². The molecule has 1 aliphatic rings. The van der Waals surface area contributed by atoms with E-state index in [1.807, 2.05) is 12.1 Å². The second kappa shape index (κ2) is 6.73. The van der Waals surface area contributed by atoms with E-state index in [1.54, 1.807) is 6.07 Å². The Morgan fingerprint density at radius 1 is 1.38 bits per heavy atom. The minimum Gasteiger partial charge on any atom is -0.391 e. The zero-order chi connectivity index (χ0) is 15.6. The first-order valence-electron chi connectivity index (χ1n) is 6.60. The van der Waals surface area contributed by atoms with Crippen LogP contribution < -0.4 is 11.1 Å². The molecule has 0 aliphatic carbocycles. The Balaban J connectivity index is 2.23. The van der Waals surface area contributed by atoms with Gasteiger partial charge >= 0.3 is 0 Å². The molecule has 2 rings (SSSR count). The number of carbonyl (C=O) groups excluding carboxylic acids is 1. The van der Waals surface area contributed by atoms with Gasteiger partial charge in [0.15, 0.2) is 0 Å². The van der Waals surface area contributed by atoms with Gasteiger partial charge in [-0.3, -0.25) is 4.79 Å². The van der Waals surface area contributed by atoms with Crippen molar-refractivity contribution >= 4 is 55.0 Å². The maximum atomic E-state index is 12.6. The first-order chi connectivity index (χ1) is 9.84. The third-order valence-electron chi connectivity index (χ3n) is 3.84. The Kier molecular flexibility index (Phi) is 5.40. The quantitative estimate of drug-likeness (QED) is 0.718. The highest BCUT2D eigenvalue weighted by Gasteiger charge is 2.38. The van der Waals surface area contributed by atoms with Gasteiger partial charge in [-0.15, -0.1) is 0 Å². The van der Waals surface area contributed by atoms with Crippen LogP contribution in [0.4, 0.5) is 0 Å². The number of hydrogen-bond donors (Lipinski definition) is 2. The largest absolute Gasteiger partial charge is 0.391 e. The molecule has 4 nitrogen and oxygen atoms in total. The number of benzene rings is 1. The Hall–Kier alpha value is -0.500. The number of nitrogens with zero attached hydrogens (tertiary/aromatic N) is 1. The molecule has 1 aliphatic heterocycles. The van der Waals surface area contributed by atoms with E-state index < -0.39 is 5.54 Å². The van der Waals surface area contributed by atoms with Crippen molar-refractivity contribution in [3.8, 4) is 0 Å². The van der Waals surface area contributed by atoms with Crippen molar-refractivity contribution in [1.82, 2.24) is 10.2 Å². The van der Waals surface area contributed by atoms with Crippen molar-refractivity contribution in [2.75, 3.05) is 20.1 Å². The molecule has 0 spiro atoms. The summed E-state index contributed by atoms with van der Waals surface area (Å²) in [6, 6.07) is 5.49. The van der Waals surface area contributed by atoms with Gasteiger partial charge in [0.1, 0.15) is 0 Å². The number of halogens is 2. The molecule has 1 amide bonds. The van der Waals surface area contributed by atoms with E-state index in [2.05, 4.69) is 49.1 Å². The highest BCUT2D eigenvalue weighted by molar-refractivity contribution is 9.11. The molecule has 0 unspecified atom stereocenters. The van der Waals surface area contributed by atoms with Gasteiger partial charge in [0, 0.05) is 22.0 Å². The number of nitrogens with one attached hydrogen (secondary N) is 1. The molecule has 0 saturated carbocycles. The van der Waals surface area contributed by atoms with Gasteiger partial charge in [-0.2, -0.15) is 0 Å². The third-order valence-corrected chi connectivity index (χ3v) is 5.41. The summed E-state index contributed by atoms with van der Waals surface area (Å²) in [4.78, 5) is 15.1. The van der Waals surface area contributed by atoms with Crippen molar-refractivity contribution in [3.05, 3.63) is 32.7 Å². The number of likely N-dealkylation sites (tertiary alicyclic amines) is 1. The molecule has 0 atom stereocenters. The summed E-state index contributed by atoms with van der Waals surface area (Å²) >= 11 is 12.0. The first kappa shape index (κ1) is 16.9. The van der Waals surface area contributed by atoms with E-state index in [1.165, 1.54) is 0 Å². The van der Waals surface area contributed by atoms with Gasteiger partial charge in [0.05, 0.1) is 16.1 Å². The number of hydrogen-bond acceptors (Lipinski definition) is 3. The number of carbonyl (C=O) groups is 1. The van der Waals surface area contributed by atoms with Crippen molar-refractivity contribution in [3.63, 3.8) is 0 Å². The molecule has 0 aromatic heterocycles. The van der Waals surface area contributed by atoms with Crippen LogP contribution in [0.5, 0.6) is 0 Å². The molecule has 1 fully saturated rings. The van der Waals surface area contributed by atoms with Crippen LogP contribution in [-0.4, -0.2) is 41.5 Å². The zero-order valence-electron chi connectivity index (χ0n) is 11.7. The van der Waals surface area contributed by atoms with Crippen LogP contribution in [0, 0.1) is 0 Å². The summed E-state index contributed by atoms with van der Waals surface area (Å²) in [7, 11) is 2.05. The average Bonchev–Trinajstić information content (AvgIpc) is 2.44. The van der Waals surface area contributed by atoms with Gasteiger partial charge in [0.2, 0.25) is 0 Å². The average molecular weight is 435 g/mol. The van der Waals surface area contributed by atoms with E-state index in [9.17, 15) is 4.79 Å². The summed E-state index contributed by atoms with van der Waals surface area (Å²) in [5.41, 5.74) is 5.89. The molecule has 114 valence electrons. The van der Waals surface area contributed by atoms with Gasteiger partial charge < -0.3 is 16.0 Å². The molecule has 3 N–H and O–H groups in total. The number of amides is 1. The molecule has 0 radical (unpaired) electrons. The summed E-state index contributed by atoms with van der Waals surface area (Å²) < 4.78 is 1.60. The maximum absolute atomic E-state index is 12.6. The lowest BCUT2D eigenvalue weighted by Gasteiger charge is -2.40. The summed E-state index contributed by atoms with van der Waals surface area (Å²) in [6.45, 7) is 1.72. The fraction of sp³-hybridized carbons (Fsp3) is 0.429. The van der Waals surface area contributed by atoms with Crippen LogP contribution in [0.2, 0.25) is 0 Å². The number of thiocarbonyl (C=S) groups is 1. The smallest absolute Gasteiger partial charge is 0.253 e. The van der Waals surface area contributed by atoms with Crippen molar-refractivity contribution < 1.29 is 4.79 Å². The molecular weight excluding hydrogens is 418 g/mol. The number of nitrogens with two attached hydrogens (primary N) is 1. The minimum absolute atomic E-state index is 0.166. The predicted octanol–water partition coefficient (Wildman–Crippen LogP) is 2.69. The van der Waals surface area contributed by atoms with E-state index >= 15 is 0 Å². The topological polar surface area (TPSA) is 58.4 Å². The van der Waals surface area contributed by atoms with Gasteiger partial charge in [-0.05, 0) is 54.0 Å². The van der Waals surface area contributed by atoms with Crippen molar-refractivity contribution in [1.29, 1.82) is 0 Å². The molecule has 0 bridgehead atoms. The fourth-order valence-electron chi connectivity index (χ4n) is 2.39. The fourth-order valence-corrected chi connectivity index (χ4v) is 3.43. The van der Waals surface area contributed by atoms with Gasteiger partial charge in [-0.1, -0.05) is 28.1 Å². The lowest BCUT2D eigenvalue weighted by atomic mass is 9.87. The van der Waals surface area contributed by atoms with Gasteiger partial charge in [-0.25, -0.2) is 0 Å². The van der Waals surface area contributed by atoms with E-state index in [0.29, 0.717) is 10.6 Å². The highest BCUT2D eigenvalue weighted by Crippen LogP contribution is 2.26. The summed E-state index contributed by atoms with van der Waals surface area (Å²) in [6.07, 6.45) is 1.46. The molecule has 1 aromatic carbocycles. The third kappa shape index (κ3) is 3.83. The molecule has 1 aromatic rings. The second-order valence-electron chi connectivity index (χ2n) is 5.33. The molecular formula is C14H17Br2N3OS. The van der Waals surface area contributed by atoms with Crippen LogP contribution >= 0.6 is 44.1 Å². The SMILES string of the molecule is CN1CCC(NC(=O)c2cc(Br)ccc2Br)(C(N)=S)CC1. The monoisotopic (exact) mass is 433 g/mol. The lowest BCUT2D eigenvalue weighted by Crippen LogP contribution is -2.61. The summed E-state index contributed by atoms with van der Waals surface area (Å²) in [5, 5.41) is 3.05. The number of piperidine rings is 1. The van der Waals surface area contributed by atoms with E-state index in [0.717, 1.165) is 34.9 Å². The zero-order valence-corrected chi connectivity index (χ0v) is 15.6. The Bertz CT molecular complexity index is 571. The molecule has 21 heavy (non-hydrogen) atoms. The predicted molar refractivity (Wildman–Crippen MR) is 95.6 cm³/mol. The molecule has 7 heteroatoms. The Morgan fingerprint density at radius 2 is 2.00 bits per heavy atom.